The molecular weight excluding hydrogens is 238 g/mol. The molecule has 1 N–H and O–H groups in total. The highest BCUT2D eigenvalue weighted by Crippen LogP contribution is 2.37. The second-order valence-corrected chi connectivity index (χ2v) is 6.39. The molecule has 1 atom stereocenters. The van der Waals surface area contributed by atoms with Gasteiger partial charge in [0.05, 0.1) is 5.41 Å². The van der Waals surface area contributed by atoms with Crippen LogP contribution >= 0.6 is 0 Å². The van der Waals surface area contributed by atoms with Crippen molar-refractivity contribution in [2.75, 3.05) is 39.8 Å². The summed E-state index contributed by atoms with van der Waals surface area (Å²) in [5.74, 6) is 0.427. The maximum atomic E-state index is 13.1. The quantitative estimate of drug-likeness (QED) is 0.838. The average molecular weight is 267 g/mol. The van der Waals surface area contributed by atoms with Crippen LogP contribution in [0.5, 0.6) is 0 Å². The summed E-state index contributed by atoms with van der Waals surface area (Å²) in [6.07, 6.45) is 4.18. The van der Waals surface area contributed by atoms with Gasteiger partial charge in [0.25, 0.3) is 0 Å². The fourth-order valence-electron chi connectivity index (χ4n) is 3.70. The molecule has 2 saturated heterocycles. The molecule has 4 heteroatoms. The monoisotopic (exact) mass is 267 g/mol. The second kappa shape index (κ2) is 6.23. The Hall–Kier alpha value is -0.610. The molecule has 0 spiro atoms. The van der Waals surface area contributed by atoms with Crippen LogP contribution in [0.15, 0.2) is 0 Å². The fourth-order valence-corrected chi connectivity index (χ4v) is 3.70. The van der Waals surface area contributed by atoms with Crippen LogP contribution in [-0.2, 0) is 4.79 Å². The molecule has 2 heterocycles. The van der Waals surface area contributed by atoms with E-state index in [-0.39, 0.29) is 5.41 Å². The zero-order chi connectivity index (χ0) is 13.9. The summed E-state index contributed by atoms with van der Waals surface area (Å²) >= 11 is 0. The van der Waals surface area contributed by atoms with Crippen LogP contribution in [0.2, 0.25) is 0 Å². The molecule has 1 unspecified atom stereocenters. The summed E-state index contributed by atoms with van der Waals surface area (Å²) < 4.78 is 0. The van der Waals surface area contributed by atoms with Crippen LogP contribution in [0.3, 0.4) is 0 Å². The molecule has 0 radical (unpaired) electrons. The number of likely N-dealkylation sites (N-methyl/N-ethyl adjacent to an activating group) is 1. The van der Waals surface area contributed by atoms with Gasteiger partial charge in [-0.3, -0.25) is 4.79 Å². The zero-order valence-electron chi connectivity index (χ0n) is 12.7. The van der Waals surface area contributed by atoms with Crippen molar-refractivity contribution in [1.82, 2.24) is 15.1 Å². The molecule has 0 aromatic rings. The first-order valence-electron chi connectivity index (χ1n) is 7.79. The van der Waals surface area contributed by atoms with E-state index in [9.17, 15) is 4.79 Å². The number of nitrogens with one attached hydrogen (secondary N) is 1. The topological polar surface area (TPSA) is 35.6 Å². The first-order chi connectivity index (χ1) is 9.09. The van der Waals surface area contributed by atoms with Crippen molar-refractivity contribution < 1.29 is 4.79 Å². The van der Waals surface area contributed by atoms with Gasteiger partial charge in [-0.05, 0) is 46.3 Å². The average Bonchev–Trinajstić information content (AvgIpc) is 2.39. The Bertz CT molecular complexity index is 307. The van der Waals surface area contributed by atoms with Crippen LogP contribution in [0.4, 0.5) is 0 Å². The van der Waals surface area contributed by atoms with E-state index in [1.807, 2.05) is 0 Å². The van der Waals surface area contributed by atoms with E-state index < -0.39 is 0 Å². The maximum absolute atomic E-state index is 13.1. The van der Waals surface area contributed by atoms with E-state index in [0.717, 1.165) is 58.4 Å². The van der Waals surface area contributed by atoms with E-state index in [2.05, 4.69) is 36.0 Å². The van der Waals surface area contributed by atoms with Crippen molar-refractivity contribution in [2.45, 2.75) is 45.6 Å². The van der Waals surface area contributed by atoms with Crippen LogP contribution in [0, 0.1) is 5.41 Å². The molecule has 19 heavy (non-hydrogen) atoms. The van der Waals surface area contributed by atoms with Gasteiger partial charge in [0.15, 0.2) is 0 Å². The number of hydrogen-bond acceptors (Lipinski definition) is 3. The van der Waals surface area contributed by atoms with Gasteiger partial charge in [0.2, 0.25) is 5.91 Å². The Morgan fingerprint density at radius 3 is 2.58 bits per heavy atom. The van der Waals surface area contributed by atoms with Crippen molar-refractivity contribution in [1.29, 1.82) is 0 Å². The third kappa shape index (κ3) is 3.11. The maximum Gasteiger partial charge on any atom is 0.229 e. The van der Waals surface area contributed by atoms with Crippen molar-refractivity contribution >= 4 is 5.91 Å². The number of nitrogens with zero attached hydrogens (tertiary/aromatic N) is 2. The molecule has 2 aliphatic rings. The lowest BCUT2D eigenvalue weighted by molar-refractivity contribution is -0.149. The molecule has 0 saturated carbocycles. The van der Waals surface area contributed by atoms with Crippen molar-refractivity contribution in [2.24, 2.45) is 5.41 Å². The molecular formula is C15H29N3O. The Morgan fingerprint density at radius 1 is 1.32 bits per heavy atom. The Balaban J connectivity index is 2.10. The first kappa shape index (κ1) is 14.8. The van der Waals surface area contributed by atoms with Crippen LogP contribution in [0.1, 0.15) is 39.5 Å². The van der Waals surface area contributed by atoms with Gasteiger partial charge < -0.3 is 15.1 Å². The number of amides is 1. The number of piperazine rings is 1. The first-order valence-corrected chi connectivity index (χ1v) is 7.79. The highest BCUT2D eigenvalue weighted by Gasteiger charge is 2.43. The van der Waals surface area contributed by atoms with E-state index in [0.29, 0.717) is 11.9 Å². The SMILES string of the molecule is CCCC1(C(=O)N2CCN(C)CC2C)CCNCC1. The predicted octanol–water partition coefficient (Wildman–Crippen LogP) is 1.32. The van der Waals surface area contributed by atoms with Gasteiger partial charge in [-0.15, -0.1) is 0 Å². The molecule has 0 bridgehead atoms. The van der Waals surface area contributed by atoms with Crippen molar-refractivity contribution in [3.8, 4) is 0 Å². The van der Waals surface area contributed by atoms with E-state index in [4.69, 9.17) is 0 Å². The third-order valence-corrected chi connectivity index (χ3v) is 4.83. The number of carbonyl (C=O) groups is 1. The molecule has 0 aromatic heterocycles. The highest BCUT2D eigenvalue weighted by molar-refractivity contribution is 5.83. The molecule has 110 valence electrons. The number of carbonyl (C=O) groups excluding carboxylic acids is 1. The van der Waals surface area contributed by atoms with Gasteiger partial charge >= 0.3 is 0 Å². The largest absolute Gasteiger partial charge is 0.337 e. The van der Waals surface area contributed by atoms with Gasteiger partial charge in [-0.1, -0.05) is 13.3 Å². The van der Waals surface area contributed by atoms with Gasteiger partial charge in [-0.2, -0.15) is 0 Å². The Labute approximate surface area is 117 Å². The lowest BCUT2D eigenvalue weighted by Crippen LogP contribution is -2.58. The summed E-state index contributed by atoms with van der Waals surface area (Å²) in [7, 11) is 2.14. The van der Waals surface area contributed by atoms with E-state index >= 15 is 0 Å². The summed E-state index contributed by atoms with van der Waals surface area (Å²) in [4.78, 5) is 17.5. The number of piperidine rings is 1. The highest BCUT2D eigenvalue weighted by atomic mass is 16.2. The summed E-state index contributed by atoms with van der Waals surface area (Å²) in [5, 5.41) is 3.40. The van der Waals surface area contributed by atoms with Gasteiger partial charge in [-0.25, -0.2) is 0 Å². The lowest BCUT2D eigenvalue weighted by Gasteiger charge is -2.45. The minimum Gasteiger partial charge on any atom is -0.337 e. The third-order valence-electron chi connectivity index (χ3n) is 4.83. The molecule has 2 fully saturated rings. The smallest absolute Gasteiger partial charge is 0.229 e. The van der Waals surface area contributed by atoms with E-state index in [1.165, 1.54) is 0 Å². The van der Waals surface area contributed by atoms with Gasteiger partial charge in [0, 0.05) is 25.7 Å². The van der Waals surface area contributed by atoms with Crippen LogP contribution < -0.4 is 5.32 Å². The minimum atomic E-state index is -0.0792. The molecule has 1 amide bonds. The predicted molar refractivity (Wildman–Crippen MR) is 78.1 cm³/mol. The zero-order valence-corrected chi connectivity index (χ0v) is 12.7. The van der Waals surface area contributed by atoms with E-state index in [1.54, 1.807) is 0 Å². The number of rotatable bonds is 3. The summed E-state index contributed by atoms with van der Waals surface area (Å²) in [6, 6.07) is 0.356. The molecule has 4 nitrogen and oxygen atoms in total. The fraction of sp³-hybridized carbons (Fsp3) is 0.933. The second-order valence-electron chi connectivity index (χ2n) is 6.39. The van der Waals surface area contributed by atoms with Crippen molar-refractivity contribution in [3.63, 3.8) is 0 Å². The number of hydrogen-bond donors (Lipinski definition) is 1. The Morgan fingerprint density at radius 2 is 2.00 bits per heavy atom. The normalized spacial score (nSPS) is 28.4. The van der Waals surface area contributed by atoms with Crippen LogP contribution in [-0.4, -0.2) is 61.5 Å². The standard InChI is InChI=1S/C15H29N3O/c1-4-5-15(6-8-16-9-7-15)14(19)18-11-10-17(3)12-13(18)2/h13,16H,4-12H2,1-3H3. The van der Waals surface area contributed by atoms with Crippen LogP contribution in [0.25, 0.3) is 0 Å². The molecule has 0 aromatic carbocycles. The van der Waals surface area contributed by atoms with Gasteiger partial charge in [0.1, 0.15) is 0 Å². The summed E-state index contributed by atoms with van der Waals surface area (Å²) in [6.45, 7) is 9.29. The Kier molecular flexibility index (Phi) is 4.85. The lowest BCUT2D eigenvalue weighted by atomic mass is 9.74. The molecule has 0 aliphatic carbocycles. The summed E-state index contributed by atoms with van der Waals surface area (Å²) in [5.41, 5.74) is -0.0792. The molecule has 2 rings (SSSR count). The minimum absolute atomic E-state index is 0.0792. The van der Waals surface area contributed by atoms with Crippen molar-refractivity contribution in [3.05, 3.63) is 0 Å². The molecule has 2 aliphatic heterocycles.